The summed E-state index contributed by atoms with van der Waals surface area (Å²) in [6, 6.07) is 9.01. The molecule has 7 aliphatic carbocycles. The molecule has 386 valence electrons. The summed E-state index contributed by atoms with van der Waals surface area (Å²) >= 11 is 0. The van der Waals surface area contributed by atoms with Crippen molar-refractivity contribution in [2.24, 2.45) is 0 Å². The first-order chi connectivity index (χ1) is 34.3. The van der Waals surface area contributed by atoms with Crippen LogP contribution >= 0.6 is 0 Å². The van der Waals surface area contributed by atoms with Crippen molar-refractivity contribution in [3.05, 3.63) is 36.4 Å². The van der Waals surface area contributed by atoms with E-state index in [4.69, 9.17) is 37.0 Å². The van der Waals surface area contributed by atoms with Crippen molar-refractivity contribution in [3.8, 4) is 0 Å². The number of rotatable bonds is 9. The zero-order chi connectivity index (χ0) is 47.0. The Morgan fingerprint density at radius 2 is 0.671 bits per heavy atom. The summed E-state index contributed by atoms with van der Waals surface area (Å²) in [5.41, 5.74) is 3.60. The van der Waals surface area contributed by atoms with Gasteiger partial charge in [-0.05, 0) is 107 Å². The van der Waals surface area contributed by atoms with Crippen LogP contribution in [-0.4, -0.2) is 77.1 Å². The second-order valence-electron chi connectivity index (χ2n) is 24.8. The van der Waals surface area contributed by atoms with Crippen molar-refractivity contribution in [1.82, 2.24) is 0 Å². The number of benzene rings is 1. The second kappa shape index (κ2) is 20.1. The zero-order valence-electron chi connectivity index (χ0n) is 42.7. The Morgan fingerprint density at radius 1 is 0.343 bits per heavy atom. The van der Waals surface area contributed by atoms with E-state index >= 15 is 0 Å². The molecule has 10 nitrogen and oxygen atoms in total. The fraction of sp³-hybridized carbons (Fsp3) is 0.843. The topological polar surface area (TPSA) is 92.3 Å². The van der Waals surface area contributed by atoms with E-state index in [1.807, 2.05) is 6.08 Å². The smallest absolute Gasteiger partial charge is 0.418 e. The van der Waals surface area contributed by atoms with E-state index in [1.54, 1.807) is 0 Å². The number of hydrogen-bond acceptors (Lipinski definition) is 10. The first-order valence-electron chi connectivity index (χ1n) is 29.8. The van der Waals surface area contributed by atoms with Crippen molar-refractivity contribution in [1.29, 1.82) is 0 Å². The van der Waals surface area contributed by atoms with Crippen molar-refractivity contribution in [2.45, 2.75) is 269 Å². The van der Waals surface area contributed by atoms with E-state index in [2.05, 4.69) is 30.8 Å². The third-order valence-corrected chi connectivity index (χ3v) is 76.1. The van der Waals surface area contributed by atoms with Gasteiger partial charge in [0.15, 0.2) is 8.55 Å². The summed E-state index contributed by atoms with van der Waals surface area (Å²) in [5, 5.41) is 1.02. The quantitative estimate of drug-likeness (QED) is 0.223. The van der Waals surface area contributed by atoms with Crippen molar-refractivity contribution >= 4 is 88.3 Å². The van der Waals surface area contributed by atoms with Gasteiger partial charge in [0.2, 0.25) is 0 Å². The van der Waals surface area contributed by atoms with E-state index < -0.39 is 68.5 Å². The molecule has 7 saturated carbocycles. The van der Waals surface area contributed by atoms with Gasteiger partial charge in [-0.2, -0.15) is 0 Å². The molecule has 6 aliphatic heterocycles. The van der Waals surface area contributed by atoms with Gasteiger partial charge in [0.05, 0.1) is 0 Å². The molecule has 6 saturated heterocycles. The van der Waals surface area contributed by atoms with Crippen molar-refractivity contribution in [3.63, 3.8) is 0 Å². The summed E-state index contributed by atoms with van der Waals surface area (Å²) < 4.78 is 89.8. The highest BCUT2D eigenvalue weighted by atomic mass is 29.6. The Hall–Kier alpha value is 0.512. The molecule has 0 N–H and O–H groups in total. The van der Waals surface area contributed by atoms with Gasteiger partial charge >= 0.3 is 68.5 Å². The third-order valence-electron chi connectivity index (χ3n) is 20.4. The Labute approximate surface area is 432 Å². The predicted octanol–water partition coefficient (Wildman–Crippen LogP) is 13.9. The summed E-state index contributed by atoms with van der Waals surface area (Å²) in [6.45, 7) is 4.22. The number of hydrogen-bond donors (Lipinski definition) is 0. The van der Waals surface area contributed by atoms with Crippen LogP contribution in [-0.2, 0) is 41.2 Å². The van der Waals surface area contributed by atoms with Crippen LogP contribution in [0.15, 0.2) is 30.8 Å². The van der Waals surface area contributed by atoms with Gasteiger partial charge in [-0.1, -0.05) is 172 Å². The molecule has 1 aromatic carbocycles. The minimum absolute atomic E-state index is 0.108. The van der Waals surface area contributed by atoms with Crippen LogP contribution in [0.5, 0.6) is 0 Å². The van der Waals surface area contributed by atoms with Gasteiger partial charge in [-0.25, -0.2) is 0 Å². The maximum Gasteiger partial charge on any atom is 0.513 e. The van der Waals surface area contributed by atoms with Gasteiger partial charge in [0.25, 0.3) is 0 Å². The van der Waals surface area contributed by atoms with Crippen LogP contribution in [0.2, 0.25) is 44.5 Å². The minimum atomic E-state index is -4.13. The van der Waals surface area contributed by atoms with Gasteiger partial charge in [-0.3, -0.25) is 0 Å². The molecule has 6 heterocycles. The van der Waals surface area contributed by atoms with Crippen LogP contribution in [0.3, 0.4) is 0 Å². The lowest BCUT2D eigenvalue weighted by Crippen LogP contribution is -2.92. The summed E-state index contributed by atoms with van der Waals surface area (Å²) in [5.74, 6) is 0. The van der Waals surface area contributed by atoms with Crippen molar-refractivity contribution < 1.29 is 41.2 Å². The maximum atomic E-state index is 9.20. The van der Waals surface area contributed by atoms with E-state index in [0.717, 1.165) is 119 Å². The molecular formula is C51H86O10Si9. The van der Waals surface area contributed by atoms with E-state index in [9.17, 15) is 4.12 Å². The molecule has 13 fully saturated rings. The third kappa shape index (κ3) is 8.79. The van der Waals surface area contributed by atoms with Crippen molar-refractivity contribution in [2.75, 3.05) is 0 Å². The lowest BCUT2D eigenvalue weighted by molar-refractivity contribution is 0.0302. The Bertz CT molecular complexity index is 1810. The Balaban J connectivity index is 1.16. The SMILES string of the molecule is C=Cc1ccc([Si]23O[Si]4(C5CCCCC5)O[Si]5(C6CCCCC6)C[Si]6(C7CCCCC7)O[Si](C7CCCCC7)(O4)O[Si](C4CCCCC4)(O2)[Si][Si](C2CCCCC2)(O6)O[Si](C2CCCCC2)(O3)O5)cc1. The minimum Gasteiger partial charge on any atom is -0.418 e. The second-order valence-corrected chi connectivity index (χ2v) is 58.8. The zero-order valence-corrected chi connectivity index (χ0v) is 51.7. The highest BCUT2D eigenvalue weighted by Gasteiger charge is 2.86. The fourth-order valence-corrected chi connectivity index (χ4v) is 100.0. The molecule has 8 atom stereocenters. The molecule has 0 amide bonds. The van der Waals surface area contributed by atoms with Gasteiger partial charge in [-0.15, -0.1) is 0 Å². The molecule has 0 spiro atoms. The molecule has 0 aromatic heterocycles. The molecule has 2 radical (unpaired) electrons. The molecule has 1 aromatic rings. The Kier molecular flexibility index (Phi) is 14.3. The first kappa shape index (κ1) is 50.0. The van der Waals surface area contributed by atoms with Gasteiger partial charge < -0.3 is 41.2 Å². The normalized spacial score (nSPS) is 44.6. The maximum absolute atomic E-state index is 9.20. The van der Waals surface area contributed by atoms with E-state index in [1.165, 1.54) is 122 Å². The molecule has 8 bridgehead atoms. The molecular weight excluding hydrogens is 1030 g/mol. The molecule has 70 heavy (non-hydrogen) atoms. The van der Waals surface area contributed by atoms with Crippen LogP contribution in [0.4, 0.5) is 0 Å². The van der Waals surface area contributed by atoms with Gasteiger partial charge in [0.1, 0.15) is 0 Å². The lowest BCUT2D eigenvalue weighted by atomic mass is 10.0. The highest BCUT2D eigenvalue weighted by Crippen LogP contribution is 2.65. The predicted molar refractivity (Wildman–Crippen MR) is 291 cm³/mol. The Morgan fingerprint density at radius 3 is 1.07 bits per heavy atom. The first-order valence-corrected chi connectivity index (χ1v) is 47.9. The van der Waals surface area contributed by atoms with Crippen LogP contribution in [0, 0.1) is 0 Å². The standard InChI is InChI=1S/C51H86O10Si9/c1-2-43-38-40-49(41-39-43)68-57-65(46-28-14-5-15-29-46)52-63(44-24-10-3-11-25-44)42-64(45-26-12-4-13-27-45)54-67(56-65,48-32-18-7-19-33-48)60-70(61-68,51-36-22-9-23-37-51)62-69(55-64,50-34-20-8-21-35-50)59-66(53-63,58-68)47-30-16-6-17-31-47/h2,38-41,44-48,50-51H,1,3-37,42H2. The summed E-state index contributed by atoms with van der Waals surface area (Å²) in [7, 11) is -29.2. The fourth-order valence-electron chi connectivity index (χ4n) is 16.7. The average Bonchev–Trinajstić information content (AvgIpc) is 3.40. The summed E-state index contributed by atoms with van der Waals surface area (Å²) in [4.78, 5) is 0. The van der Waals surface area contributed by atoms with E-state index in [0.29, 0.717) is 19.6 Å². The van der Waals surface area contributed by atoms with Crippen LogP contribution in [0.25, 0.3) is 6.08 Å². The monoisotopic (exact) mass is 1110 g/mol. The van der Waals surface area contributed by atoms with Crippen LogP contribution in [0.1, 0.15) is 230 Å². The molecule has 14 rings (SSSR count). The largest absolute Gasteiger partial charge is 0.513 e. The lowest BCUT2D eigenvalue weighted by Gasteiger charge is -2.69. The molecule has 13 aliphatic rings. The average molecular weight is 1110 g/mol. The highest BCUT2D eigenvalue weighted by molar-refractivity contribution is 7.51. The van der Waals surface area contributed by atoms with E-state index in [-0.39, 0.29) is 27.7 Å². The summed E-state index contributed by atoms with van der Waals surface area (Å²) in [6.07, 6.45) is 43.1. The molecule has 19 heteroatoms. The van der Waals surface area contributed by atoms with Gasteiger partial charge in [0, 0.05) is 38.6 Å². The van der Waals surface area contributed by atoms with Crippen LogP contribution < -0.4 is 5.19 Å². The molecule has 8 unspecified atom stereocenters.